The van der Waals surface area contributed by atoms with E-state index in [0.717, 1.165) is 0 Å². The fourth-order valence-corrected chi connectivity index (χ4v) is 0. The molecule has 4 heavy (non-hydrogen) atoms. The predicted molar refractivity (Wildman–Crippen MR) is 11.3 cm³/mol. The molecule has 34 valence electrons. The molecule has 0 N–H and O–H groups in total. The molecule has 0 spiro atoms. The molecule has 0 aliphatic rings. The van der Waals surface area contributed by atoms with Gasteiger partial charge in [-0.3, -0.25) is 0 Å². The van der Waals surface area contributed by atoms with Gasteiger partial charge in [0.05, 0.1) is 0 Å². The summed E-state index contributed by atoms with van der Waals surface area (Å²) in [5.74, 6) is 0. The molecule has 0 saturated carbocycles. The van der Waals surface area contributed by atoms with Crippen LogP contribution in [-0.2, 0) is 41.5 Å². The minimum atomic E-state index is 0. The van der Waals surface area contributed by atoms with Crippen molar-refractivity contribution in [2.75, 3.05) is 0 Å². The van der Waals surface area contributed by atoms with Crippen molar-refractivity contribution in [2.45, 2.75) is 13.8 Å². The van der Waals surface area contributed by atoms with Crippen LogP contribution in [0, 0.1) is 0 Å². The molecule has 0 bridgehead atoms. The summed E-state index contributed by atoms with van der Waals surface area (Å²) in [5.41, 5.74) is 0. The maximum absolute atomic E-state index is 2.00. The quantitative estimate of drug-likeness (QED) is 0.582. The fraction of sp³-hybridized carbons (Fsp3) is 1.00. The van der Waals surface area contributed by atoms with E-state index in [9.17, 15) is 0 Å². The summed E-state index contributed by atoms with van der Waals surface area (Å²) in [4.78, 5) is 0. The summed E-state index contributed by atoms with van der Waals surface area (Å²) in [7, 11) is 0. The molecule has 0 atom stereocenters. The molecule has 0 radical (unpaired) electrons. The van der Waals surface area contributed by atoms with Crippen molar-refractivity contribution in [1.82, 2.24) is 0 Å². The van der Waals surface area contributed by atoms with Crippen LogP contribution in [0.5, 0.6) is 0 Å². The predicted octanol–water partition coefficient (Wildman–Crippen LogP) is 1.02. The third-order valence-corrected chi connectivity index (χ3v) is 0. The summed E-state index contributed by atoms with van der Waals surface area (Å²) < 4.78 is 0. The zero-order valence-electron chi connectivity index (χ0n) is 2.63. The van der Waals surface area contributed by atoms with Crippen LogP contribution in [0.25, 0.3) is 0 Å². The molecule has 0 aromatic heterocycles. The van der Waals surface area contributed by atoms with Crippen LogP contribution >= 0.6 is 0 Å². The Bertz CT molecular complexity index is 6.00. The number of hydrogen-bond acceptors (Lipinski definition) is 0. The van der Waals surface area contributed by atoms with Crippen LogP contribution in [0.15, 0.2) is 0 Å². The molecule has 0 heterocycles. The Morgan fingerprint density at radius 2 is 1.00 bits per heavy atom. The van der Waals surface area contributed by atoms with Gasteiger partial charge in [-0.2, -0.15) is 0 Å². The second kappa shape index (κ2) is 26.8. The van der Waals surface area contributed by atoms with E-state index in [1.54, 1.807) is 0 Å². The first-order chi connectivity index (χ1) is 1.00. The molecular formula is C2H6PdPt. The summed E-state index contributed by atoms with van der Waals surface area (Å²) in [6.07, 6.45) is 0. The Kier molecular flexibility index (Phi) is 123. The SMILES string of the molecule is CC.[Pd].[Pt]. The second-order valence-electron chi connectivity index (χ2n) is 0. The second-order valence-corrected chi connectivity index (χ2v) is 0. The number of rotatable bonds is 0. The van der Waals surface area contributed by atoms with E-state index in [0.29, 0.717) is 0 Å². The van der Waals surface area contributed by atoms with E-state index in [4.69, 9.17) is 0 Å². The summed E-state index contributed by atoms with van der Waals surface area (Å²) in [6, 6.07) is 0. The molecule has 0 aromatic carbocycles. The topological polar surface area (TPSA) is 0 Å². The van der Waals surface area contributed by atoms with Crippen LogP contribution in [0.4, 0.5) is 0 Å². The molecule has 0 aliphatic carbocycles. The molecule has 0 amide bonds. The van der Waals surface area contributed by atoms with Gasteiger partial charge < -0.3 is 0 Å². The van der Waals surface area contributed by atoms with E-state index in [1.165, 1.54) is 0 Å². The van der Waals surface area contributed by atoms with E-state index < -0.39 is 0 Å². The van der Waals surface area contributed by atoms with E-state index in [-0.39, 0.29) is 41.5 Å². The molecular weight excluding hydrogens is 326 g/mol. The van der Waals surface area contributed by atoms with Gasteiger partial charge in [0.15, 0.2) is 0 Å². The van der Waals surface area contributed by atoms with Gasteiger partial charge in [-0.15, -0.1) is 0 Å². The summed E-state index contributed by atoms with van der Waals surface area (Å²) >= 11 is 0. The zero-order valence-corrected chi connectivity index (χ0v) is 6.46. The van der Waals surface area contributed by atoms with Crippen molar-refractivity contribution >= 4 is 0 Å². The van der Waals surface area contributed by atoms with E-state index in [1.807, 2.05) is 13.8 Å². The fourth-order valence-electron chi connectivity index (χ4n) is 0. The standard InChI is InChI=1S/C2H6.Pd.Pt/c1-2;;/h1-2H3;;. The Labute approximate surface area is 55.3 Å². The van der Waals surface area contributed by atoms with Gasteiger partial charge in [0, 0.05) is 41.5 Å². The Morgan fingerprint density at radius 3 is 1.00 bits per heavy atom. The molecule has 0 nitrogen and oxygen atoms in total. The first-order valence-electron chi connectivity index (χ1n) is 1.00. The van der Waals surface area contributed by atoms with Crippen LogP contribution in [0.2, 0.25) is 0 Å². The summed E-state index contributed by atoms with van der Waals surface area (Å²) in [5, 5.41) is 0. The maximum Gasteiger partial charge on any atom is 0 e. The van der Waals surface area contributed by atoms with Gasteiger partial charge in [0.1, 0.15) is 0 Å². The average Bonchev–Trinajstić information content (AvgIpc) is 1.00. The van der Waals surface area contributed by atoms with Gasteiger partial charge in [-0.05, 0) is 0 Å². The molecule has 0 rings (SSSR count). The molecule has 2 heteroatoms. The van der Waals surface area contributed by atoms with Crippen molar-refractivity contribution < 1.29 is 41.5 Å². The minimum Gasteiger partial charge on any atom is -0.0683 e. The summed E-state index contributed by atoms with van der Waals surface area (Å²) in [6.45, 7) is 4.00. The van der Waals surface area contributed by atoms with Gasteiger partial charge in [-0.25, -0.2) is 0 Å². The maximum atomic E-state index is 2.00. The van der Waals surface area contributed by atoms with Crippen molar-refractivity contribution in [1.29, 1.82) is 0 Å². The van der Waals surface area contributed by atoms with E-state index in [2.05, 4.69) is 0 Å². The minimum absolute atomic E-state index is 0. The van der Waals surface area contributed by atoms with Crippen molar-refractivity contribution in [3.05, 3.63) is 0 Å². The van der Waals surface area contributed by atoms with Crippen LogP contribution < -0.4 is 0 Å². The van der Waals surface area contributed by atoms with Crippen LogP contribution in [0.1, 0.15) is 13.8 Å². The van der Waals surface area contributed by atoms with Gasteiger partial charge in [0.2, 0.25) is 0 Å². The molecule has 0 saturated heterocycles. The molecule has 0 fully saturated rings. The average molecular weight is 332 g/mol. The molecule has 0 aromatic rings. The van der Waals surface area contributed by atoms with Gasteiger partial charge in [0.25, 0.3) is 0 Å². The molecule has 0 unspecified atom stereocenters. The Balaban J connectivity index is -0.00000000500. The van der Waals surface area contributed by atoms with Crippen molar-refractivity contribution in [2.24, 2.45) is 0 Å². The van der Waals surface area contributed by atoms with E-state index >= 15 is 0 Å². The van der Waals surface area contributed by atoms with Crippen molar-refractivity contribution in [3.8, 4) is 0 Å². The largest absolute Gasteiger partial charge is 0.0683 e. The normalized spacial score (nSPS) is 1.50. The smallest absolute Gasteiger partial charge is 0 e. The Hall–Kier alpha value is 1.35. The van der Waals surface area contributed by atoms with Crippen LogP contribution in [-0.4, -0.2) is 0 Å². The monoisotopic (exact) mass is 331 g/mol. The van der Waals surface area contributed by atoms with Gasteiger partial charge >= 0.3 is 0 Å². The third-order valence-electron chi connectivity index (χ3n) is 0. The van der Waals surface area contributed by atoms with Gasteiger partial charge in [-0.1, -0.05) is 13.8 Å². The zero-order chi connectivity index (χ0) is 2.00. The first-order valence-corrected chi connectivity index (χ1v) is 1.00. The Morgan fingerprint density at radius 1 is 1.00 bits per heavy atom. The number of hydrogen-bond donors (Lipinski definition) is 0. The van der Waals surface area contributed by atoms with Crippen molar-refractivity contribution in [3.63, 3.8) is 0 Å². The molecule has 0 aliphatic heterocycles. The third kappa shape index (κ3) is 10.1. The van der Waals surface area contributed by atoms with Crippen LogP contribution in [0.3, 0.4) is 0 Å². The first kappa shape index (κ1) is 18.3.